The van der Waals surface area contributed by atoms with Crippen molar-refractivity contribution in [1.29, 1.82) is 0 Å². The molecule has 0 radical (unpaired) electrons. The zero-order valence-electron chi connectivity index (χ0n) is 18.7. The van der Waals surface area contributed by atoms with Crippen molar-refractivity contribution in [1.82, 2.24) is 15.2 Å². The van der Waals surface area contributed by atoms with Gasteiger partial charge in [-0.3, -0.25) is 14.5 Å². The summed E-state index contributed by atoms with van der Waals surface area (Å²) in [4.78, 5) is 48.8. The number of aliphatic carboxylic acids is 1. The number of aliphatic hydroxyl groups is 1. The van der Waals surface area contributed by atoms with Gasteiger partial charge in [-0.05, 0) is 0 Å². The number of rotatable bonds is 9. The summed E-state index contributed by atoms with van der Waals surface area (Å²) < 4.78 is 1.89. The Kier molecular flexibility index (Phi) is 7.39. The molecule has 2 aliphatic rings. The van der Waals surface area contributed by atoms with E-state index < -0.39 is 29.2 Å². The number of carbonyl (C=O) groups is 3. The number of hydrogen-bond acceptors (Lipinski definition) is 12. The first-order valence-electron chi connectivity index (χ1n) is 10.4. The van der Waals surface area contributed by atoms with Crippen molar-refractivity contribution < 1.29 is 34.0 Å². The van der Waals surface area contributed by atoms with Crippen LogP contribution in [-0.4, -0.2) is 69.4 Å². The lowest BCUT2D eigenvalue weighted by molar-refractivity contribution is -0.690. The van der Waals surface area contributed by atoms with Crippen LogP contribution in [0.5, 0.6) is 0 Å². The molecule has 1 fully saturated rings. The van der Waals surface area contributed by atoms with E-state index >= 15 is 0 Å². The van der Waals surface area contributed by atoms with Gasteiger partial charge in [0.1, 0.15) is 24.2 Å². The summed E-state index contributed by atoms with van der Waals surface area (Å²) in [6.45, 7) is 2.19. The first-order valence-corrected chi connectivity index (χ1v) is 13.2. The van der Waals surface area contributed by atoms with Crippen LogP contribution in [-0.2, 0) is 32.2 Å². The van der Waals surface area contributed by atoms with Crippen LogP contribution in [0.3, 0.4) is 0 Å². The molecule has 0 unspecified atom stereocenters. The predicted molar refractivity (Wildman–Crippen MR) is 127 cm³/mol. The van der Waals surface area contributed by atoms with Crippen molar-refractivity contribution in [2.75, 3.05) is 25.2 Å². The Labute approximate surface area is 212 Å². The van der Waals surface area contributed by atoms with E-state index in [0.717, 1.165) is 26.8 Å². The second kappa shape index (κ2) is 10.3. The normalized spacial score (nSPS) is 19.9. The van der Waals surface area contributed by atoms with Gasteiger partial charge in [0.2, 0.25) is 5.51 Å². The van der Waals surface area contributed by atoms with Gasteiger partial charge in [-0.15, -0.1) is 23.1 Å². The molecule has 1 saturated heterocycles. The Morgan fingerprint density at radius 3 is 2.86 bits per heavy atom. The van der Waals surface area contributed by atoms with E-state index in [4.69, 9.17) is 10.6 Å². The number of aliphatic hydroxyl groups excluding tert-OH is 1. The van der Waals surface area contributed by atoms with E-state index in [1.807, 2.05) is 17.0 Å². The number of anilines is 1. The second-order valence-electron chi connectivity index (χ2n) is 7.63. The number of thioether (sulfide) groups is 1. The van der Waals surface area contributed by atoms with Gasteiger partial charge in [-0.1, -0.05) is 16.5 Å². The largest absolute Gasteiger partial charge is 0.543 e. The van der Waals surface area contributed by atoms with Gasteiger partial charge >= 0.3 is 0 Å². The Balaban J connectivity index is 1.53. The lowest BCUT2D eigenvalue weighted by Crippen LogP contribution is -2.71. The third kappa shape index (κ3) is 4.76. The third-order valence-corrected chi connectivity index (χ3v) is 8.70. The molecule has 2 aromatic heterocycles. The van der Waals surface area contributed by atoms with Gasteiger partial charge in [0.25, 0.3) is 11.8 Å². The molecular formula is C20H22N6O6S3. The number of amides is 2. The fraction of sp³-hybridized carbons (Fsp3) is 0.400. The zero-order valence-corrected chi connectivity index (χ0v) is 21.2. The first kappa shape index (κ1) is 25.1. The molecular weight excluding hydrogens is 516 g/mol. The standard InChI is InChI=1S/C20H22N6O6S3/c1-9-12(3-4-27)35-8-25(9)5-10-6-33-18-14(17(29)26(18)15(10)19(30)31)23-16(28)13(24-32-2)11-7-34-20(21)22-11/h7-8,14,18,27H,3-6H2,1-2H3,(H3-,21,22,23,28,30,31)/b24-13-/t14-,18-/m1/s1. The topological polar surface area (TPSA) is 174 Å². The Morgan fingerprint density at radius 2 is 2.23 bits per heavy atom. The maximum atomic E-state index is 13.0. The first-order chi connectivity index (χ1) is 16.8. The monoisotopic (exact) mass is 538 g/mol. The zero-order chi connectivity index (χ0) is 25.3. The molecule has 12 nitrogen and oxygen atoms in total. The van der Waals surface area contributed by atoms with Crippen LogP contribution in [0, 0.1) is 6.92 Å². The van der Waals surface area contributed by atoms with Crippen LogP contribution in [0.4, 0.5) is 5.13 Å². The van der Waals surface area contributed by atoms with E-state index in [1.165, 1.54) is 35.6 Å². The molecule has 0 aliphatic carbocycles. The van der Waals surface area contributed by atoms with Crippen LogP contribution in [0.25, 0.3) is 0 Å². The lowest BCUT2D eigenvalue weighted by atomic mass is 10.0. The van der Waals surface area contributed by atoms with Crippen molar-refractivity contribution in [2.24, 2.45) is 5.16 Å². The molecule has 0 aromatic carbocycles. The minimum Gasteiger partial charge on any atom is -0.543 e. The number of carbonyl (C=O) groups excluding carboxylic acids is 3. The summed E-state index contributed by atoms with van der Waals surface area (Å²) in [6, 6.07) is -0.951. The third-order valence-electron chi connectivity index (χ3n) is 5.55. The summed E-state index contributed by atoms with van der Waals surface area (Å²) in [5.41, 5.74) is 8.83. The minimum atomic E-state index is -1.45. The van der Waals surface area contributed by atoms with E-state index in [9.17, 15) is 24.6 Å². The van der Waals surface area contributed by atoms with Crippen molar-refractivity contribution in [3.8, 4) is 0 Å². The maximum absolute atomic E-state index is 13.0. The highest BCUT2D eigenvalue weighted by Crippen LogP contribution is 2.40. The summed E-state index contributed by atoms with van der Waals surface area (Å²) in [7, 11) is 1.27. The molecule has 4 N–H and O–H groups in total. The number of nitrogens with two attached hydrogens (primary N) is 1. The number of hydrogen-bond donors (Lipinski definition) is 3. The number of nitrogen functional groups attached to an aromatic ring is 1. The number of aromatic nitrogens is 2. The van der Waals surface area contributed by atoms with E-state index in [0.29, 0.717) is 17.7 Å². The Morgan fingerprint density at radius 1 is 1.46 bits per heavy atom. The number of nitrogens with one attached hydrogen (secondary N) is 1. The fourth-order valence-corrected chi connectivity index (χ4v) is 6.72. The summed E-state index contributed by atoms with van der Waals surface area (Å²) in [5.74, 6) is -2.37. The summed E-state index contributed by atoms with van der Waals surface area (Å²) >= 11 is 3.95. The van der Waals surface area contributed by atoms with Crippen molar-refractivity contribution >= 4 is 63.1 Å². The number of fused-ring (bicyclic) bond motifs is 1. The van der Waals surface area contributed by atoms with E-state index in [2.05, 4.69) is 15.5 Å². The van der Waals surface area contributed by atoms with Crippen molar-refractivity contribution in [3.63, 3.8) is 0 Å². The molecule has 2 amide bonds. The number of thiazole rings is 2. The smallest absolute Gasteiger partial charge is 0.276 e. The summed E-state index contributed by atoms with van der Waals surface area (Å²) in [5, 5.41) is 28.7. The molecule has 0 spiro atoms. The number of carboxylic acid groups (broad SMARTS) is 1. The van der Waals surface area contributed by atoms with Gasteiger partial charge in [-0.25, -0.2) is 4.98 Å². The van der Waals surface area contributed by atoms with Crippen molar-refractivity contribution in [3.05, 3.63) is 38.4 Å². The number of carboxylic acids is 1. The van der Waals surface area contributed by atoms with Crippen LogP contribution in [0.2, 0.25) is 0 Å². The van der Waals surface area contributed by atoms with Gasteiger partial charge < -0.3 is 30.9 Å². The number of oxime groups is 1. The van der Waals surface area contributed by atoms with Gasteiger partial charge in [0, 0.05) is 36.7 Å². The molecule has 0 saturated carbocycles. The molecule has 2 aromatic rings. The van der Waals surface area contributed by atoms with Crippen LogP contribution < -0.4 is 20.7 Å². The highest BCUT2D eigenvalue weighted by atomic mass is 32.2. The lowest BCUT2D eigenvalue weighted by Gasteiger charge is -2.50. The molecule has 4 heterocycles. The minimum absolute atomic E-state index is 0.0218. The molecule has 2 atom stereocenters. The Bertz CT molecular complexity index is 1240. The molecule has 186 valence electrons. The molecule has 0 bridgehead atoms. The molecule has 15 heteroatoms. The quantitative estimate of drug-likeness (QED) is 0.147. The van der Waals surface area contributed by atoms with Gasteiger partial charge in [-0.2, -0.15) is 4.57 Å². The number of nitrogens with zero attached hydrogens (tertiary/aromatic N) is 4. The second-order valence-corrected chi connectivity index (χ2v) is 10.6. The highest BCUT2D eigenvalue weighted by molar-refractivity contribution is 8.00. The predicted octanol–water partition coefficient (Wildman–Crippen LogP) is -1.63. The maximum Gasteiger partial charge on any atom is 0.276 e. The Hall–Kier alpha value is -3.01. The summed E-state index contributed by atoms with van der Waals surface area (Å²) in [6.07, 6.45) is 0.514. The molecule has 4 rings (SSSR count). The van der Waals surface area contributed by atoms with Crippen LogP contribution in [0.15, 0.2) is 27.3 Å². The fourth-order valence-electron chi connectivity index (χ4n) is 3.85. The van der Waals surface area contributed by atoms with Crippen molar-refractivity contribution in [2.45, 2.75) is 31.3 Å². The van der Waals surface area contributed by atoms with E-state index in [-0.39, 0.29) is 35.4 Å². The molecule has 2 aliphatic heterocycles. The van der Waals surface area contributed by atoms with E-state index in [1.54, 1.807) is 0 Å². The average molecular weight is 539 g/mol. The SMILES string of the molecule is CO/N=C(\C(=O)N[C@@H]1C(=O)N2C(C(=O)[O-])=C(C[n+]3csc(CCO)c3C)CS[C@H]12)c1csc(N)n1. The van der Waals surface area contributed by atoms with Gasteiger partial charge in [0.15, 0.2) is 23.1 Å². The highest BCUT2D eigenvalue weighted by Gasteiger charge is 2.53. The van der Waals surface area contributed by atoms with Crippen LogP contribution >= 0.6 is 34.4 Å². The average Bonchev–Trinajstić information content (AvgIpc) is 3.41. The van der Waals surface area contributed by atoms with Crippen LogP contribution in [0.1, 0.15) is 16.3 Å². The molecule has 35 heavy (non-hydrogen) atoms. The van der Waals surface area contributed by atoms with Gasteiger partial charge in [0.05, 0.1) is 16.5 Å². The number of β-lactam (4-membered cyclic amide) rings is 1.